The molecule has 0 spiro atoms. The van der Waals surface area contributed by atoms with Crippen molar-refractivity contribution in [1.82, 2.24) is 0 Å². The van der Waals surface area contributed by atoms with Crippen molar-refractivity contribution in [1.29, 1.82) is 5.26 Å². The number of thiol groups is 1. The lowest BCUT2D eigenvalue weighted by molar-refractivity contribution is 1.49. The Labute approximate surface area is 90.0 Å². The van der Waals surface area contributed by atoms with E-state index in [0.717, 1.165) is 15.0 Å². The standard InChI is InChI=1S/C9H4ClNS2/c10-7-3-5(4-11)6-1-2-13-9(6)8(7)12/h1-3,12H. The second-order valence-electron chi connectivity index (χ2n) is 2.53. The van der Waals surface area contributed by atoms with Gasteiger partial charge in [-0.15, -0.1) is 24.0 Å². The fourth-order valence-electron chi connectivity index (χ4n) is 1.18. The Morgan fingerprint density at radius 2 is 2.31 bits per heavy atom. The van der Waals surface area contributed by atoms with Gasteiger partial charge in [-0.2, -0.15) is 5.26 Å². The van der Waals surface area contributed by atoms with Crippen LogP contribution in [0, 0.1) is 11.3 Å². The van der Waals surface area contributed by atoms with E-state index in [9.17, 15) is 0 Å². The smallest absolute Gasteiger partial charge is 0.0999 e. The Bertz CT molecular complexity index is 510. The van der Waals surface area contributed by atoms with Crippen LogP contribution in [0.3, 0.4) is 0 Å². The molecule has 0 N–H and O–H groups in total. The lowest BCUT2D eigenvalue weighted by atomic mass is 10.1. The number of rotatable bonds is 0. The van der Waals surface area contributed by atoms with Crippen molar-refractivity contribution < 1.29 is 0 Å². The van der Waals surface area contributed by atoms with Gasteiger partial charge in [-0.25, -0.2) is 0 Å². The van der Waals surface area contributed by atoms with E-state index >= 15 is 0 Å². The third kappa shape index (κ3) is 1.31. The molecule has 2 aromatic rings. The minimum absolute atomic E-state index is 0.537. The van der Waals surface area contributed by atoms with Gasteiger partial charge in [0.05, 0.1) is 21.4 Å². The van der Waals surface area contributed by atoms with Crippen molar-refractivity contribution in [3.05, 3.63) is 28.1 Å². The summed E-state index contributed by atoms with van der Waals surface area (Å²) in [5.74, 6) is 0. The lowest BCUT2D eigenvalue weighted by Gasteiger charge is -1.99. The van der Waals surface area contributed by atoms with Crippen molar-refractivity contribution in [3.8, 4) is 6.07 Å². The molecule has 2 rings (SSSR count). The normalized spacial score (nSPS) is 10.2. The molecule has 13 heavy (non-hydrogen) atoms. The van der Waals surface area contributed by atoms with Crippen LogP contribution in [0.1, 0.15) is 5.56 Å². The summed E-state index contributed by atoms with van der Waals surface area (Å²) in [5, 5.41) is 12.2. The number of nitriles is 1. The van der Waals surface area contributed by atoms with Crippen LogP contribution < -0.4 is 0 Å². The quantitative estimate of drug-likeness (QED) is 0.679. The van der Waals surface area contributed by atoms with Crippen LogP contribution in [-0.2, 0) is 0 Å². The molecular weight excluding hydrogens is 222 g/mol. The Balaban J connectivity index is 2.97. The molecule has 0 saturated carbocycles. The van der Waals surface area contributed by atoms with Gasteiger partial charge in [-0.3, -0.25) is 0 Å². The first-order valence-corrected chi connectivity index (χ1v) is 5.23. The van der Waals surface area contributed by atoms with E-state index in [-0.39, 0.29) is 0 Å². The molecule has 1 aromatic carbocycles. The molecule has 0 amide bonds. The number of nitrogens with zero attached hydrogens (tertiary/aromatic N) is 1. The molecule has 0 unspecified atom stereocenters. The summed E-state index contributed by atoms with van der Waals surface area (Å²) >= 11 is 11.7. The van der Waals surface area contributed by atoms with Gasteiger partial charge in [0.25, 0.3) is 0 Å². The number of hydrogen-bond acceptors (Lipinski definition) is 3. The van der Waals surface area contributed by atoms with E-state index in [1.807, 2.05) is 11.4 Å². The molecule has 4 heteroatoms. The minimum atomic E-state index is 0.537. The number of thiophene rings is 1. The topological polar surface area (TPSA) is 23.8 Å². The van der Waals surface area contributed by atoms with Crippen LogP contribution in [0.2, 0.25) is 5.02 Å². The molecule has 64 valence electrons. The highest BCUT2D eigenvalue weighted by Gasteiger charge is 2.08. The van der Waals surface area contributed by atoms with Gasteiger partial charge in [0.2, 0.25) is 0 Å². The average Bonchev–Trinajstić information content (AvgIpc) is 2.60. The van der Waals surface area contributed by atoms with E-state index in [1.54, 1.807) is 17.4 Å². The maximum Gasteiger partial charge on any atom is 0.0999 e. The van der Waals surface area contributed by atoms with E-state index < -0.39 is 0 Å². The van der Waals surface area contributed by atoms with Gasteiger partial charge in [0.1, 0.15) is 0 Å². The summed E-state index contributed by atoms with van der Waals surface area (Å²) in [6.45, 7) is 0. The predicted molar refractivity (Wildman–Crippen MR) is 58.8 cm³/mol. The second kappa shape index (κ2) is 3.22. The van der Waals surface area contributed by atoms with Crippen molar-refractivity contribution in [2.24, 2.45) is 0 Å². The fourth-order valence-corrected chi connectivity index (χ4v) is 2.65. The maximum atomic E-state index is 8.84. The Kier molecular flexibility index (Phi) is 2.20. The molecule has 1 heterocycles. The third-order valence-corrected chi connectivity index (χ3v) is 3.77. The van der Waals surface area contributed by atoms with Gasteiger partial charge in [0, 0.05) is 10.3 Å². The number of benzene rings is 1. The van der Waals surface area contributed by atoms with E-state index in [1.165, 1.54) is 0 Å². The monoisotopic (exact) mass is 225 g/mol. The summed E-state index contributed by atoms with van der Waals surface area (Å²) in [6.07, 6.45) is 0. The van der Waals surface area contributed by atoms with Crippen LogP contribution in [-0.4, -0.2) is 0 Å². The lowest BCUT2D eigenvalue weighted by Crippen LogP contribution is -1.78. The third-order valence-electron chi connectivity index (χ3n) is 1.79. The first-order valence-electron chi connectivity index (χ1n) is 3.53. The molecule has 0 atom stereocenters. The zero-order chi connectivity index (χ0) is 9.42. The Hall–Kier alpha value is -0.690. The first-order chi connectivity index (χ1) is 6.24. The zero-order valence-corrected chi connectivity index (χ0v) is 8.88. The summed E-state index contributed by atoms with van der Waals surface area (Å²) in [4.78, 5) is 0.755. The van der Waals surface area contributed by atoms with Crippen LogP contribution in [0.25, 0.3) is 10.1 Å². The van der Waals surface area contributed by atoms with Crippen LogP contribution in [0.4, 0.5) is 0 Å². The van der Waals surface area contributed by atoms with E-state index in [4.69, 9.17) is 16.9 Å². The Morgan fingerprint density at radius 3 is 3.00 bits per heavy atom. The minimum Gasteiger partial charge on any atom is -0.192 e. The number of fused-ring (bicyclic) bond motifs is 1. The highest BCUT2D eigenvalue weighted by atomic mass is 35.5. The first kappa shape index (κ1) is 8.89. The molecule has 1 aromatic heterocycles. The molecule has 0 radical (unpaired) electrons. The van der Waals surface area contributed by atoms with Crippen LogP contribution >= 0.6 is 35.6 Å². The largest absolute Gasteiger partial charge is 0.192 e. The SMILES string of the molecule is N#Cc1cc(Cl)c(S)c2sccc12. The predicted octanol–water partition coefficient (Wildman–Crippen LogP) is 3.72. The summed E-state index contributed by atoms with van der Waals surface area (Å²) in [6, 6.07) is 5.68. The van der Waals surface area contributed by atoms with Gasteiger partial charge in [-0.1, -0.05) is 11.6 Å². The summed E-state index contributed by atoms with van der Waals surface area (Å²) < 4.78 is 0.979. The van der Waals surface area contributed by atoms with Gasteiger partial charge in [0.15, 0.2) is 0 Å². The highest BCUT2D eigenvalue weighted by molar-refractivity contribution is 7.81. The zero-order valence-electron chi connectivity index (χ0n) is 6.41. The second-order valence-corrected chi connectivity index (χ2v) is 4.30. The molecule has 0 bridgehead atoms. The Morgan fingerprint density at radius 1 is 1.54 bits per heavy atom. The van der Waals surface area contributed by atoms with Crippen molar-refractivity contribution >= 4 is 45.7 Å². The maximum absolute atomic E-state index is 8.84. The van der Waals surface area contributed by atoms with Gasteiger partial charge < -0.3 is 0 Å². The van der Waals surface area contributed by atoms with Crippen molar-refractivity contribution in [3.63, 3.8) is 0 Å². The van der Waals surface area contributed by atoms with Crippen molar-refractivity contribution in [2.45, 2.75) is 4.90 Å². The molecule has 0 fully saturated rings. The van der Waals surface area contributed by atoms with Crippen molar-refractivity contribution in [2.75, 3.05) is 0 Å². The average molecular weight is 226 g/mol. The van der Waals surface area contributed by atoms with Gasteiger partial charge in [-0.05, 0) is 17.5 Å². The number of hydrogen-bond donors (Lipinski definition) is 1. The summed E-state index contributed by atoms with van der Waals surface area (Å²) in [5.41, 5.74) is 0.610. The molecule has 0 aliphatic heterocycles. The number of halogens is 1. The fraction of sp³-hybridized carbons (Fsp3) is 0. The van der Waals surface area contributed by atoms with E-state index in [0.29, 0.717) is 10.6 Å². The van der Waals surface area contributed by atoms with Gasteiger partial charge >= 0.3 is 0 Å². The molecule has 0 saturated heterocycles. The molecule has 0 aliphatic carbocycles. The molecule has 0 aliphatic rings. The molecule has 1 nitrogen and oxygen atoms in total. The highest BCUT2D eigenvalue weighted by Crippen LogP contribution is 2.35. The van der Waals surface area contributed by atoms with Crippen LogP contribution in [0.15, 0.2) is 22.4 Å². The summed E-state index contributed by atoms with van der Waals surface area (Å²) in [7, 11) is 0. The molecular formula is C9H4ClNS2. The van der Waals surface area contributed by atoms with Crippen LogP contribution in [0.5, 0.6) is 0 Å². The van der Waals surface area contributed by atoms with E-state index in [2.05, 4.69) is 18.7 Å².